The van der Waals surface area contributed by atoms with E-state index in [-0.39, 0.29) is 18.7 Å². The maximum absolute atomic E-state index is 12.5. The SMILES string of the molecule is O=C(CCc1ccc2c(c1)OCO2)N[C@@H]1CCc2[nH]c3ccc(Br)cc3c2C1. The number of H-pyrrole nitrogens is 1. The van der Waals surface area contributed by atoms with Crippen LogP contribution in [0, 0.1) is 0 Å². The summed E-state index contributed by atoms with van der Waals surface area (Å²) in [6.07, 6.45) is 3.98. The molecule has 0 unspecified atom stereocenters. The second-order valence-corrected chi connectivity index (χ2v) is 8.38. The van der Waals surface area contributed by atoms with Gasteiger partial charge < -0.3 is 19.8 Å². The number of halogens is 1. The standard InChI is InChI=1S/C22H21BrN2O3/c23-14-3-5-18-16(10-14)17-11-15(4-6-19(17)25-18)24-22(26)8-2-13-1-7-20-21(9-13)28-12-27-20/h1,3,5,7,9-10,15,25H,2,4,6,8,11-12H2,(H,24,26)/t15-/m1/s1. The van der Waals surface area contributed by atoms with Crippen molar-refractivity contribution >= 4 is 32.7 Å². The molecule has 0 saturated heterocycles. The number of benzene rings is 2. The molecule has 2 N–H and O–H groups in total. The number of amides is 1. The van der Waals surface area contributed by atoms with Crippen molar-refractivity contribution in [2.24, 2.45) is 0 Å². The zero-order valence-electron chi connectivity index (χ0n) is 15.4. The van der Waals surface area contributed by atoms with E-state index in [1.165, 1.54) is 22.2 Å². The summed E-state index contributed by atoms with van der Waals surface area (Å²) in [5.41, 5.74) is 4.90. The Morgan fingerprint density at radius 1 is 1.18 bits per heavy atom. The Morgan fingerprint density at radius 3 is 3.00 bits per heavy atom. The summed E-state index contributed by atoms with van der Waals surface area (Å²) < 4.78 is 11.8. The van der Waals surface area contributed by atoms with Crippen molar-refractivity contribution in [3.63, 3.8) is 0 Å². The number of hydrogen-bond acceptors (Lipinski definition) is 3. The average Bonchev–Trinajstić information content (AvgIpc) is 3.30. The molecule has 1 aromatic heterocycles. The van der Waals surface area contributed by atoms with Gasteiger partial charge in [-0.15, -0.1) is 0 Å². The summed E-state index contributed by atoms with van der Waals surface area (Å²) in [5.74, 6) is 1.65. The molecule has 1 aliphatic carbocycles. The molecular formula is C22H21BrN2O3. The number of aromatic amines is 1. The van der Waals surface area contributed by atoms with Crippen LogP contribution in [0.3, 0.4) is 0 Å². The summed E-state index contributed by atoms with van der Waals surface area (Å²) >= 11 is 3.56. The molecule has 0 radical (unpaired) electrons. The van der Waals surface area contributed by atoms with E-state index >= 15 is 0 Å². The predicted molar refractivity (Wildman–Crippen MR) is 111 cm³/mol. The first kappa shape index (κ1) is 17.6. The molecule has 2 aliphatic rings. The molecule has 6 heteroatoms. The zero-order valence-corrected chi connectivity index (χ0v) is 17.0. The molecule has 1 aliphatic heterocycles. The van der Waals surface area contributed by atoms with E-state index in [0.717, 1.165) is 40.8 Å². The van der Waals surface area contributed by atoms with Gasteiger partial charge in [-0.25, -0.2) is 0 Å². The second-order valence-electron chi connectivity index (χ2n) is 7.47. The number of nitrogens with one attached hydrogen (secondary N) is 2. The molecule has 28 heavy (non-hydrogen) atoms. The summed E-state index contributed by atoms with van der Waals surface area (Å²) in [7, 11) is 0. The van der Waals surface area contributed by atoms with Crippen molar-refractivity contribution < 1.29 is 14.3 Å². The molecule has 0 bridgehead atoms. The first-order chi connectivity index (χ1) is 13.7. The Labute approximate surface area is 171 Å². The Bertz CT molecular complexity index is 1060. The van der Waals surface area contributed by atoms with Crippen molar-refractivity contribution in [3.8, 4) is 11.5 Å². The minimum atomic E-state index is 0.104. The topological polar surface area (TPSA) is 63.4 Å². The number of carbonyl (C=O) groups excluding carboxylic acids is 1. The minimum absolute atomic E-state index is 0.104. The number of carbonyl (C=O) groups is 1. The van der Waals surface area contributed by atoms with E-state index in [0.29, 0.717) is 12.8 Å². The van der Waals surface area contributed by atoms with E-state index in [4.69, 9.17) is 9.47 Å². The van der Waals surface area contributed by atoms with Crippen LogP contribution in [-0.4, -0.2) is 23.7 Å². The van der Waals surface area contributed by atoms with Crippen LogP contribution in [0.2, 0.25) is 0 Å². The molecule has 0 fully saturated rings. The molecule has 3 aromatic rings. The number of aryl methyl sites for hydroxylation is 2. The number of ether oxygens (including phenoxy) is 2. The summed E-state index contributed by atoms with van der Waals surface area (Å²) in [6.45, 7) is 0.271. The fourth-order valence-electron chi connectivity index (χ4n) is 4.17. The molecule has 2 heterocycles. The zero-order chi connectivity index (χ0) is 19.1. The van der Waals surface area contributed by atoms with E-state index in [9.17, 15) is 4.79 Å². The highest BCUT2D eigenvalue weighted by Gasteiger charge is 2.24. The van der Waals surface area contributed by atoms with E-state index < -0.39 is 0 Å². The largest absolute Gasteiger partial charge is 0.454 e. The maximum atomic E-state index is 12.5. The predicted octanol–water partition coefficient (Wildman–Crippen LogP) is 4.27. The lowest BCUT2D eigenvalue weighted by Gasteiger charge is -2.23. The normalized spacial score (nSPS) is 17.5. The highest BCUT2D eigenvalue weighted by Crippen LogP contribution is 2.33. The van der Waals surface area contributed by atoms with Gasteiger partial charge in [-0.2, -0.15) is 0 Å². The van der Waals surface area contributed by atoms with Crippen LogP contribution in [0.15, 0.2) is 40.9 Å². The lowest BCUT2D eigenvalue weighted by Crippen LogP contribution is -2.38. The van der Waals surface area contributed by atoms with Crippen LogP contribution in [0.5, 0.6) is 11.5 Å². The summed E-state index contributed by atoms with van der Waals surface area (Å²) in [6, 6.07) is 12.4. The minimum Gasteiger partial charge on any atom is -0.454 e. The van der Waals surface area contributed by atoms with Crippen LogP contribution in [-0.2, 0) is 24.1 Å². The van der Waals surface area contributed by atoms with E-state index in [1.54, 1.807) is 0 Å². The average molecular weight is 441 g/mol. The molecule has 2 aromatic carbocycles. The lowest BCUT2D eigenvalue weighted by atomic mass is 9.91. The fourth-order valence-corrected chi connectivity index (χ4v) is 4.53. The van der Waals surface area contributed by atoms with Crippen molar-refractivity contribution in [1.29, 1.82) is 0 Å². The van der Waals surface area contributed by atoms with Crippen LogP contribution < -0.4 is 14.8 Å². The molecule has 5 nitrogen and oxygen atoms in total. The Morgan fingerprint density at radius 2 is 2.07 bits per heavy atom. The monoisotopic (exact) mass is 440 g/mol. The molecule has 1 atom stereocenters. The van der Waals surface area contributed by atoms with Gasteiger partial charge in [0, 0.05) is 33.5 Å². The van der Waals surface area contributed by atoms with Gasteiger partial charge in [-0.1, -0.05) is 22.0 Å². The third kappa shape index (κ3) is 3.37. The smallest absolute Gasteiger partial charge is 0.231 e. The Balaban J connectivity index is 1.22. The molecule has 144 valence electrons. The third-order valence-electron chi connectivity index (χ3n) is 5.59. The number of hydrogen-bond donors (Lipinski definition) is 2. The maximum Gasteiger partial charge on any atom is 0.231 e. The molecule has 0 saturated carbocycles. The Kier molecular flexibility index (Phi) is 4.51. The van der Waals surface area contributed by atoms with Gasteiger partial charge in [0.05, 0.1) is 0 Å². The molecule has 0 spiro atoms. The number of rotatable bonds is 4. The first-order valence-corrected chi connectivity index (χ1v) is 10.4. The van der Waals surface area contributed by atoms with Gasteiger partial charge in [0.15, 0.2) is 11.5 Å². The van der Waals surface area contributed by atoms with Crippen LogP contribution in [0.25, 0.3) is 10.9 Å². The van der Waals surface area contributed by atoms with Crippen molar-refractivity contribution in [2.75, 3.05) is 6.79 Å². The van der Waals surface area contributed by atoms with Gasteiger partial charge in [0.25, 0.3) is 0 Å². The quantitative estimate of drug-likeness (QED) is 0.636. The van der Waals surface area contributed by atoms with Crippen LogP contribution >= 0.6 is 15.9 Å². The van der Waals surface area contributed by atoms with Gasteiger partial charge in [0.1, 0.15) is 0 Å². The van der Waals surface area contributed by atoms with E-state index in [2.05, 4.69) is 44.4 Å². The summed E-state index contributed by atoms with van der Waals surface area (Å²) in [5, 5.41) is 4.48. The van der Waals surface area contributed by atoms with Crippen molar-refractivity contribution in [2.45, 2.75) is 38.1 Å². The van der Waals surface area contributed by atoms with Crippen LogP contribution in [0.1, 0.15) is 29.7 Å². The Hall–Kier alpha value is -2.47. The number of fused-ring (bicyclic) bond motifs is 4. The highest BCUT2D eigenvalue weighted by molar-refractivity contribution is 9.10. The third-order valence-corrected chi connectivity index (χ3v) is 6.09. The first-order valence-electron chi connectivity index (χ1n) is 9.62. The second kappa shape index (κ2) is 7.17. The molecule has 5 rings (SSSR count). The van der Waals surface area contributed by atoms with Crippen molar-refractivity contribution in [3.05, 3.63) is 57.7 Å². The number of aromatic nitrogens is 1. The van der Waals surface area contributed by atoms with Gasteiger partial charge in [0.2, 0.25) is 12.7 Å². The van der Waals surface area contributed by atoms with Gasteiger partial charge in [-0.3, -0.25) is 4.79 Å². The highest BCUT2D eigenvalue weighted by atomic mass is 79.9. The lowest BCUT2D eigenvalue weighted by molar-refractivity contribution is -0.121. The molecule has 1 amide bonds. The molecular weight excluding hydrogens is 420 g/mol. The van der Waals surface area contributed by atoms with Crippen LogP contribution in [0.4, 0.5) is 0 Å². The fraction of sp³-hybridized carbons (Fsp3) is 0.318. The van der Waals surface area contributed by atoms with E-state index in [1.807, 2.05) is 18.2 Å². The van der Waals surface area contributed by atoms with Gasteiger partial charge >= 0.3 is 0 Å². The van der Waals surface area contributed by atoms with Crippen molar-refractivity contribution in [1.82, 2.24) is 10.3 Å². The van der Waals surface area contributed by atoms with Gasteiger partial charge in [-0.05, 0) is 67.1 Å². The summed E-state index contributed by atoms with van der Waals surface area (Å²) in [4.78, 5) is 16.0.